The fraction of sp³-hybridized carbons (Fsp3) is 0.0182. The van der Waals surface area contributed by atoms with Crippen molar-refractivity contribution in [2.75, 3.05) is 10.2 Å². The van der Waals surface area contributed by atoms with Gasteiger partial charge >= 0.3 is 0 Å². The Balaban J connectivity index is 0.975. The van der Waals surface area contributed by atoms with E-state index in [9.17, 15) is 0 Å². The van der Waals surface area contributed by atoms with E-state index in [1.54, 1.807) is 0 Å². The number of nitrogens with one attached hydrogen (secondary N) is 1. The van der Waals surface area contributed by atoms with Gasteiger partial charge in [-0.05, 0) is 101 Å². The van der Waals surface area contributed by atoms with Crippen LogP contribution in [0.5, 0.6) is 5.75 Å². The molecular weight excluding hydrogens is 735 g/mol. The molecule has 1 aliphatic rings. The molecule has 0 amide bonds. The highest BCUT2D eigenvalue weighted by atomic mass is 16.5. The van der Waals surface area contributed by atoms with Gasteiger partial charge in [-0.1, -0.05) is 133 Å². The maximum Gasteiger partial charge on any atom is 0.196 e. The number of fused-ring (bicyclic) bond motifs is 8. The van der Waals surface area contributed by atoms with Crippen molar-refractivity contribution >= 4 is 66.5 Å². The minimum absolute atomic E-state index is 0.246. The molecular formula is C55H37N3O2. The van der Waals surface area contributed by atoms with Gasteiger partial charge in [0.2, 0.25) is 0 Å². The summed E-state index contributed by atoms with van der Waals surface area (Å²) in [5, 5.41) is 8.11. The molecule has 12 rings (SSSR count). The Morgan fingerprint density at radius 3 is 1.95 bits per heavy atom. The second kappa shape index (κ2) is 13.8. The highest BCUT2D eigenvalue weighted by Gasteiger charge is 2.28. The summed E-state index contributed by atoms with van der Waals surface area (Å²) in [5.74, 6) is 0.831. The summed E-state index contributed by atoms with van der Waals surface area (Å²) in [7, 11) is 0. The largest absolute Gasteiger partial charge is 0.464 e. The van der Waals surface area contributed by atoms with Gasteiger partial charge in [-0.2, -0.15) is 0 Å². The molecule has 3 heterocycles. The molecule has 0 radical (unpaired) electrons. The first-order valence-corrected chi connectivity index (χ1v) is 20.4. The summed E-state index contributed by atoms with van der Waals surface area (Å²) in [5.41, 5.74) is 15.0. The summed E-state index contributed by atoms with van der Waals surface area (Å²) in [4.78, 5) is 2.40. The molecule has 11 aromatic rings. The van der Waals surface area contributed by atoms with Crippen molar-refractivity contribution in [1.82, 2.24) is 4.57 Å². The maximum absolute atomic E-state index is 6.51. The predicted octanol–water partition coefficient (Wildman–Crippen LogP) is 15.0. The standard InChI is InChI=1S/C55H37N3O2/c1-4-14-36(15-5-1)39-18-12-21-43(34-39)57(47-24-13-25-48-52(47)44-22-10-11-23-46(44)58(48)41-19-8-3-9-20-41)42-29-26-37(27-30-42)40-28-31-45-51(35-40)59-49-32-33-50-54(53(45)49)56-55(60-50)38-16-6-2-7-17-38/h1-35,55-56H. The van der Waals surface area contributed by atoms with Crippen LogP contribution in [-0.2, 0) is 0 Å². The number of aromatic nitrogens is 1. The van der Waals surface area contributed by atoms with Crippen LogP contribution < -0.4 is 15.0 Å². The summed E-state index contributed by atoms with van der Waals surface area (Å²) < 4.78 is 15.2. The van der Waals surface area contributed by atoms with Gasteiger partial charge in [0.05, 0.1) is 27.8 Å². The molecule has 9 aromatic carbocycles. The monoisotopic (exact) mass is 771 g/mol. The molecule has 1 aliphatic heterocycles. The van der Waals surface area contributed by atoms with E-state index in [2.05, 4.69) is 197 Å². The van der Waals surface area contributed by atoms with E-state index in [-0.39, 0.29) is 6.23 Å². The van der Waals surface area contributed by atoms with E-state index < -0.39 is 0 Å². The summed E-state index contributed by atoms with van der Waals surface area (Å²) in [6, 6.07) is 75.2. The quantitative estimate of drug-likeness (QED) is 0.175. The summed E-state index contributed by atoms with van der Waals surface area (Å²) in [6.07, 6.45) is -0.246. The van der Waals surface area contributed by atoms with Gasteiger partial charge in [-0.15, -0.1) is 0 Å². The number of benzene rings is 9. The third kappa shape index (κ3) is 5.55. The second-order valence-electron chi connectivity index (χ2n) is 15.3. The Morgan fingerprint density at radius 1 is 0.450 bits per heavy atom. The Morgan fingerprint density at radius 2 is 1.12 bits per heavy atom. The molecule has 1 N–H and O–H groups in total. The van der Waals surface area contributed by atoms with Crippen LogP contribution >= 0.6 is 0 Å². The van der Waals surface area contributed by atoms with Crippen LogP contribution in [0.25, 0.3) is 71.7 Å². The number of hydrogen-bond donors (Lipinski definition) is 1. The third-order valence-corrected chi connectivity index (χ3v) is 11.8. The van der Waals surface area contributed by atoms with Gasteiger partial charge in [0, 0.05) is 38.8 Å². The topological polar surface area (TPSA) is 42.6 Å². The zero-order valence-electron chi connectivity index (χ0n) is 32.5. The molecule has 284 valence electrons. The summed E-state index contributed by atoms with van der Waals surface area (Å²) in [6.45, 7) is 0. The molecule has 5 nitrogen and oxygen atoms in total. The highest BCUT2D eigenvalue weighted by Crippen LogP contribution is 2.48. The number of nitrogens with zero attached hydrogens (tertiary/aromatic N) is 2. The first-order chi connectivity index (χ1) is 29.7. The van der Waals surface area contributed by atoms with Gasteiger partial charge in [0.15, 0.2) is 6.23 Å². The van der Waals surface area contributed by atoms with Gasteiger partial charge in [0.25, 0.3) is 0 Å². The minimum Gasteiger partial charge on any atom is -0.464 e. The van der Waals surface area contributed by atoms with Crippen molar-refractivity contribution < 1.29 is 9.15 Å². The lowest BCUT2D eigenvalue weighted by Crippen LogP contribution is -2.10. The Kier molecular flexibility index (Phi) is 7.85. The van der Waals surface area contributed by atoms with E-state index in [1.807, 2.05) is 30.3 Å². The van der Waals surface area contributed by atoms with E-state index >= 15 is 0 Å². The lowest BCUT2D eigenvalue weighted by molar-refractivity contribution is 0.260. The first-order valence-electron chi connectivity index (χ1n) is 20.4. The molecule has 2 aromatic heterocycles. The Hall–Kier alpha value is -8.02. The molecule has 0 spiro atoms. The van der Waals surface area contributed by atoms with Gasteiger partial charge in [-0.25, -0.2) is 0 Å². The molecule has 5 heteroatoms. The van der Waals surface area contributed by atoms with Crippen molar-refractivity contribution in [3.8, 4) is 33.7 Å². The fourth-order valence-corrected chi connectivity index (χ4v) is 9.06. The van der Waals surface area contributed by atoms with Crippen LogP contribution in [0.2, 0.25) is 0 Å². The van der Waals surface area contributed by atoms with Gasteiger partial charge in [0.1, 0.15) is 16.9 Å². The number of furan rings is 1. The normalized spacial score (nSPS) is 13.4. The van der Waals surface area contributed by atoms with Crippen LogP contribution in [0.15, 0.2) is 217 Å². The molecule has 0 bridgehead atoms. The molecule has 1 unspecified atom stereocenters. The third-order valence-electron chi connectivity index (χ3n) is 11.8. The lowest BCUT2D eigenvalue weighted by Gasteiger charge is -2.27. The molecule has 0 saturated carbocycles. The van der Waals surface area contributed by atoms with Crippen molar-refractivity contribution in [3.05, 3.63) is 218 Å². The number of para-hydroxylation sites is 2. The Bertz CT molecular complexity index is 3370. The average molecular weight is 772 g/mol. The van der Waals surface area contributed by atoms with Crippen LogP contribution in [0.4, 0.5) is 22.7 Å². The second-order valence-corrected chi connectivity index (χ2v) is 15.3. The zero-order valence-corrected chi connectivity index (χ0v) is 32.5. The van der Waals surface area contributed by atoms with Gasteiger partial charge in [-0.3, -0.25) is 0 Å². The van der Waals surface area contributed by atoms with Crippen LogP contribution in [0, 0.1) is 0 Å². The Labute approximate surface area is 346 Å². The van der Waals surface area contributed by atoms with Gasteiger partial charge < -0.3 is 23.9 Å². The lowest BCUT2D eigenvalue weighted by atomic mass is 10.0. The molecule has 0 saturated heterocycles. The van der Waals surface area contributed by atoms with E-state index in [1.165, 1.54) is 21.9 Å². The number of ether oxygens (including phenoxy) is 1. The smallest absolute Gasteiger partial charge is 0.196 e. The maximum atomic E-state index is 6.51. The fourth-order valence-electron chi connectivity index (χ4n) is 9.06. The number of rotatable bonds is 7. The molecule has 60 heavy (non-hydrogen) atoms. The number of hydrogen-bond acceptors (Lipinski definition) is 4. The van der Waals surface area contributed by atoms with E-state index in [0.717, 1.165) is 83.9 Å². The van der Waals surface area contributed by atoms with Crippen LogP contribution in [-0.4, -0.2) is 4.57 Å². The zero-order chi connectivity index (χ0) is 39.6. The van der Waals surface area contributed by atoms with Crippen molar-refractivity contribution in [2.45, 2.75) is 6.23 Å². The highest BCUT2D eigenvalue weighted by molar-refractivity contribution is 6.17. The number of anilines is 4. The van der Waals surface area contributed by atoms with Crippen LogP contribution in [0.1, 0.15) is 11.8 Å². The molecule has 0 aliphatic carbocycles. The van der Waals surface area contributed by atoms with Crippen molar-refractivity contribution in [1.29, 1.82) is 0 Å². The molecule has 1 atom stereocenters. The first kappa shape index (κ1) is 34.1. The SMILES string of the molecule is c1ccc(-c2cccc(N(c3ccc(-c4ccc5c(c4)oc4ccc6c(c45)NC(c4ccccc4)O6)cc3)c3cccc4c3c3ccccc3n4-c3ccccc3)c2)cc1. The molecule has 0 fully saturated rings. The van der Waals surface area contributed by atoms with Crippen molar-refractivity contribution in [3.63, 3.8) is 0 Å². The summed E-state index contributed by atoms with van der Waals surface area (Å²) >= 11 is 0. The predicted molar refractivity (Wildman–Crippen MR) is 247 cm³/mol. The van der Waals surface area contributed by atoms with E-state index in [0.29, 0.717) is 0 Å². The van der Waals surface area contributed by atoms with Crippen molar-refractivity contribution in [2.24, 2.45) is 0 Å². The minimum atomic E-state index is -0.246. The van der Waals surface area contributed by atoms with Crippen LogP contribution in [0.3, 0.4) is 0 Å². The average Bonchev–Trinajstić information content (AvgIpc) is 4.02. The van der Waals surface area contributed by atoms with E-state index in [4.69, 9.17) is 9.15 Å².